The second-order valence-electron chi connectivity index (χ2n) is 6.57. The van der Waals surface area contributed by atoms with Crippen LogP contribution in [-0.4, -0.2) is 11.6 Å². The van der Waals surface area contributed by atoms with Crippen molar-refractivity contribution >= 4 is 11.6 Å². The molecule has 2 unspecified atom stereocenters. The van der Waals surface area contributed by atoms with E-state index in [-0.39, 0.29) is 11.8 Å². The topological polar surface area (TPSA) is 34.1 Å². The van der Waals surface area contributed by atoms with Gasteiger partial charge < -0.3 is 0 Å². The number of Topliss-reactive ketones (excluding diaryl/α,β-unsaturated/α-hetero) is 2. The van der Waals surface area contributed by atoms with Crippen LogP contribution in [0, 0.1) is 23.7 Å². The molecule has 2 nitrogen and oxygen atoms in total. The van der Waals surface area contributed by atoms with Crippen molar-refractivity contribution in [2.75, 3.05) is 0 Å². The van der Waals surface area contributed by atoms with Gasteiger partial charge in [-0.1, -0.05) is 48.0 Å². The maximum atomic E-state index is 11.7. The lowest BCUT2D eigenvalue weighted by Crippen LogP contribution is -2.26. The Balaban J connectivity index is 0.000000388. The average molecular weight is 268 g/mol. The third-order valence-corrected chi connectivity index (χ3v) is 4.31. The molecule has 0 amide bonds. The molecule has 1 saturated carbocycles. The molecule has 0 N–H and O–H groups in total. The van der Waals surface area contributed by atoms with Crippen molar-refractivity contribution in [2.45, 2.75) is 73.6 Å². The van der Waals surface area contributed by atoms with Gasteiger partial charge in [0.1, 0.15) is 11.6 Å². The fraction of sp³-hybridized carbons (Fsp3) is 0.882. The third kappa shape index (κ3) is 7.49. The molecule has 112 valence electrons. The first-order valence-corrected chi connectivity index (χ1v) is 7.82. The molecular formula is C17H32O2. The zero-order valence-electron chi connectivity index (χ0n) is 13.7. The van der Waals surface area contributed by atoms with Gasteiger partial charge in [-0.2, -0.15) is 0 Å². The number of rotatable bonds is 4. The van der Waals surface area contributed by atoms with E-state index in [0.717, 1.165) is 25.7 Å². The summed E-state index contributed by atoms with van der Waals surface area (Å²) in [7, 11) is 0. The van der Waals surface area contributed by atoms with Crippen LogP contribution in [0.5, 0.6) is 0 Å². The van der Waals surface area contributed by atoms with E-state index >= 15 is 0 Å². The summed E-state index contributed by atoms with van der Waals surface area (Å²) in [5.41, 5.74) is 0. The Morgan fingerprint density at radius 1 is 0.789 bits per heavy atom. The summed E-state index contributed by atoms with van der Waals surface area (Å²) < 4.78 is 0. The van der Waals surface area contributed by atoms with Crippen molar-refractivity contribution in [3.05, 3.63) is 0 Å². The molecule has 0 spiro atoms. The lowest BCUT2D eigenvalue weighted by atomic mass is 9.82. The van der Waals surface area contributed by atoms with E-state index in [0.29, 0.717) is 23.4 Å². The fourth-order valence-electron chi connectivity index (χ4n) is 2.02. The van der Waals surface area contributed by atoms with Crippen molar-refractivity contribution in [2.24, 2.45) is 23.7 Å². The van der Waals surface area contributed by atoms with Crippen molar-refractivity contribution in [1.29, 1.82) is 0 Å². The largest absolute Gasteiger partial charge is 0.300 e. The highest BCUT2D eigenvalue weighted by Gasteiger charge is 2.24. The van der Waals surface area contributed by atoms with Crippen molar-refractivity contribution in [1.82, 2.24) is 0 Å². The Bertz CT molecular complexity index is 255. The van der Waals surface area contributed by atoms with Gasteiger partial charge in [0.15, 0.2) is 0 Å². The normalized spacial score (nSPS) is 18.8. The van der Waals surface area contributed by atoms with Gasteiger partial charge in [0.05, 0.1) is 0 Å². The molecule has 2 heteroatoms. The second-order valence-corrected chi connectivity index (χ2v) is 6.57. The quantitative estimate of drug-likeness (QED) is 0.743. The maximum absolute atomic E-state index is 11.7. The highest BCUT2D eigenvalue weighted by molar-refractivity contribution is 5.83. The molecule has 0 heterocycles. The minimum atomic E-state index is 0.211. The van der Waals surface area contributed by atoms with Crippen LogP contribution in [0.2, 0.25) is 0 Å². The molecule has 0 aromatic carbocycles. The highest BCUT2D eigenvalue weighted by Crippen LogP contribution is 2.20. The van der Waals surface area contributed by atoms with E-state index in [1.807, 2.05) is 13.8 Å². The van der Waals surface area contributed by atoms with E-state index in [4.69, 9.17) is 0 Å². The summed E-state index contributed by atoms with van der Waals surface area (Å²) in [5, 5.41) is 0. The first-order chi connectivity index (χ1) is 8.77. The van der Waals surface area contributed by atoms with E-state index in [2.05, 4.69) is 27.7 Å². The van der Waals surface area contributed by atoms with Crippen molar-refractivity contribution < 1.29 is 9.59 Å². The smallest absolute Gasteiger partial charge is 0.138 e. The van der Waals surface area contributed by atoms with E-state index < -0.39 is 0 Å². The molecule has 0 saturated heterocycles. The van der Waals surface area contributed by atoms with Crippen LogP contribution in [0.1, 0.15) is 73.6 Å². The molecule has 0 radical (unpaired) electrons. The minimum Gasteiger partial charge on any atom is -0.300 e. The monoisotopic (exact) mass is 268 g/mol. The molecule has 19 heavy (non-hydrogen) atoms. The van der Waals surface area contributed by atoms with E-state index in [1.54, 1.807) is 0 Å². The highest BCUT2D eigenvalue weighted by atomic mass is 16.1. The zero-order valence-corrected chi connectivity index (χ0v) is 13.7. The predicted molar refractivity (Wildman–Crippen MR) is 81.1 cm³/mol. The number of carbonyl (C=O) groups is 2. The maximum Gasteiger partial charge on any atom is 0.138 e. The summed E-state index contributed by atoms with van der Waals surface area (Å²) in [6.45, 7) is 12.5. The third-order valence-electron chi connectivity index (χ3n) is 4.31. The first kappa shape index (κ1) is 18.3. The van der Waals surface area contributed by atoms with Crippen LogP contribution >= 0.6 is 0 Å². The molecule has 1 aliphatic carbocycles. The van der Waals surface area contributed by atoms with E-state index in [1.165, 1.54) is 6.42 Å². The standard InChI is InChI=1S/C11H22O.C6H10O/c1-7(2)9(5)11(12)10(6)8(3)4;7-6-4-2-1-3-5-6/h7-10H,1-6H3;1-5H2. The SMILES string of the molecule is CC(C)C(C)C(=O)C(C)C(C)C.O=C1CCCCC1. The summed E-state index contributed by atoms with van der Waals surface area (Å²) in [4.78, 5) is 22.2. The van der Waals surface area contributed by atoms with Gasteiger partial charge in [-0.05, 0) is 24.7 Å². The lowest BCUT2D eigenvalue weighted by molar-refractivity contribution is -0.128. The zero-order chi connectivity index (χ0) is 15.0. The Morgan fingerprint density at radius 3 is 1.37 bits per heavy atom. The summed E-state index contributed by atoms with van der Waals surface area (Å²) in [6, 6.07) is 0. The Kier molecular flexibility index (Phi) is 8.95. The number of hydrogen-bond acceptors (Lipinski definition) is 2. The van der Waals surface area contributed by atoms with Gasteiger partial charge in [-0.3, -0.25) is 9.59 Å². The number of carbonyl (C=O) groups excluding carboxylic acids is 2. The number of ketones is 2. The van der Waals surface area contributed by atoms with E-state index in [9.17, 15) is 9.59 Å². The fourth-order valence-corrected chi connectivity index (χ4v) is 2.02. The van der Waals surface area contributed by atoms with Gasteiger partial charge >= 0.3 is 0 Å². The van der Waals surface area contributed by atoms with Crippen molar-refractivity contribution in [3.63, 3.8) is 0 Å². The van der Waals surface area contributed by atoms with Crippen molar-refractivity contribution in [3.8, 4) is 0 Å². The molecule has 0 aromatic heterocycles. The predicted octanol–water partition coefficient (Wildman–Crippen LogP) is 4.66. The molecular weight excluding hydrogens is 236 g/mol. The molecule has 0 aromatic rings. The van der Waals surface area contributed by atoms with Crippen LogP contribution in [0.25, 0.3) is 0 Å². The summed E-state index contributed by atoms with van der Waals surface area (Å²) >= 11 is 0. The molecule has 2 atom stereocenters. The minimum absolute atomic E-state index is 0.211. The van der Waals surface area contributed by atoms with Gasteiger partial charge in [-0.25, -0.2) is 0 Å². The second kappa shape index (κ2) is 9.28. The van der Waals surface area contributed by atoms with Gasteiger partial charge in [0.25, 0.3) is 0 Å². The molecule has 1 fully saturated rings. The van der Waals surface area contributed by atoms with Gasteiger partial charge in [-0.15, -0.1) is 0 Å². The van der Waals surface area contributed by atoms with Gasteiger partial charge in [0, 0.05) is 24.7 Å². The molecule has 0 bridgehead atoms. The molecule has 0 aliphatic heterocycles. The Hall–Kier alpha value is -0.660. The average Bonchev–Trinajstić information content (AvgIpc) is 2.37. The van der Waals surface area contributed by atoms with Crippen LogP contribution in [0.4, 0.5) is 0 Å². The summed E-state index contributed by atoms with van der Waals surface area (Å²) in [6.07, 6.45) is 5.24. The number of hydrogen-bond donors (Lipinski definition) is 0. The molecule has 1 rings (SSSR count). The first-order valence-electron chi connectivity index (χ1n) is 7.82. The lowest BCUT2D eigenvalue weighted by Gasteiger charge is -2.21. The Morgan fingerprint density at radius 2 is 1.16 bits per heavy atom. The molecule has 1 aliphatic rings. The summed E-state index contributed by atoms with van der Waals surface area (Å²) in [5.74, 6) is 2.24. The van der Waals surface area contributed by atoms with Crippen LogP contribution in [0.15, 0.2) is 0 Å². The van der Waals surface area contributed by atoms with Crippen LogP contribution in [0.3, 0.4) is 0 Å². The van der Waals surface area contributed by atoms with Gasteiger partial charge in [0.2, 0.25) is 0 Å². The Labute approximate surface area is 119 Å². The van der Waals surface area contributed by atoms with Crippen LogP contribution in [-0.2, 0) is 9.59 Å². The van der Waals surface area contributed by atoms with Crippen LogP contribution < -0.4 is 0 Å².